The van der Waals surface area contributed by atoms with E-state index >= 15 is 0 Å². The molecule has 0 spiro atoms. The molecule has 0 aromatic heterocycles. The summed E-state index contributed by atoms with van der Waals surface area (Å²) in [6.07, 6.45) is 7.78. The van der Waals surface area contributed by atoms with Crippen LogP contribution in [0.2, 0.25) is 0 Å². The zero-order valence-corrected chi connectivity index (χ0v) is 14.4. The van der Waals surface area contributed by atoms with Crippen LogP contribution in [-0.4, -0.2) is 48.3 Å². The van der Waals surface area contributed by atoms with Gasteiger partial charge in [-0.15, -0.1) is 0 Å². The predicted molar refractivity (Wildman–Crippen MR) is 89.4 cm³/mol. The Labute approximate surface area is 131 Å². The molecule has 2 rings (SSSR count). The lowest BCUT2D eigenvalue weighted by atomic mass is 9.86. The molecule has 3 unspecified atom stereocenters. The standard InChI is InChI=1S/C18H36N2O/c1-4-20-12-16(10-18(21)14(2)3)9-17(13-20)19-11-15-7-5-6-8-15/h14-19,21H,4-13H2,1-3H3. The molecule has 2 N–H and O–H groups in total. The minimum Gasteiger partial charge on any atom is -0.393 e. The minimum absolute atomic E-state index is 0.137. The fourth-order valence-electron chi connectivity index (χ4n) is 4.04. The number of aliphatic hydroxyl groups excluding tert-OH is 1. The largest absolute Gasteiger partial charge is 0.393 e. The smallest absolute Gasteiger partial charge is 0.0566 e. The Morgan fingerprint density at radius 2 is 1.86 bits per heavy atom. The fourth-order valence-corrected chi connectivity index (χ4v) is 4.04. The lowest BCUT2D eigenvalue weighted by Crippen LogP contribution is -2.50. The lowest BCUT2D eigenvalue weighted by Gasteiger charge is -2.39. The maximum atomic E-state index is 10.2. The summed E-state index contributed by atoms with van der Waals surface area (Å²) in [6.45, 7) is 11.2. The fraction of sp³-hybridized carbons (Fsp3) is 1.00. The van der Waals surface area contributed by atoms with E-state index in [0.29, 0.717) is 17.9 Å². The average molecular weight is 296 g/mol. The lowest BCUT2D eigenvalue weighted by molar-refractivity contribution is 0.0627. The van der Waals surface area contributed by atoms with Gasteiger partial charge in [-0.05, 0) is 56.5 Å². The van der Waals surface area contributed by atoms with Crippen LogP contribution >= 0.6 is 0 Å². The van der Waals surface area contributed by atoms with Crippen molar-refractivity contribution in [1.29, 1.82) is 0 Å². The van der Waals surface area contributed by atoms with Crippen molar-refractivity contribution in [2.24, 2.45) is 17.8 Å². The van der Waals surface area contributed by atoms with Gasteiger partial charge in [0.2, 0.25) is 0 Å². The van der Waals surface area contributed by atoms with E-state index in [1.165, 1.54) is 51.7 Å². The van der Waals surface area contributed by atoms with Gasteiger partial charge in [0.15, 0.2) is 0 Å². The van der Waals surface area contributed by atoms with Crippen LogP contribution < -0.4 is 5.32 Å². The van der Waals surface area contributed by atoms with E-state index < -0.39 is 0 Å². The maximum absolute atomic E-state index is 10.2. The molecule has 1 saturated heterocycles. The van der Waals surface area contributed by atoms with Crippen molar-refractivity contribution in [3.05, 3.63) is 0 Å². The Kier molecular flexibility index (Phi) is 6.97. The number of hydrogen-bond acceptors (Lipinski definition) is 3. The number of likely N-dealkylation sites (tertiary alicyclic amines) is 1. The Morgan fingerprint density at radius 3 is 2.48 bits per heavy atom. The van der Waals surface area contributed by atoms with Gasteiger partial charge in [0.25, 0.3) is 0 Å². The van der Waals surface area contributed by atoms with Gasteiger partial charge in [0.1, 0.15) is 0 Å². The molecule has 0 bridgehead atoms. The van der Waals surface area contributed by atoms with E-state index in [4.69, 9.17) is 0 Å². The van der Waals surface area contributed by atoms with Gasteiger partial charge in [-0.3, -0.25) is 0 Å². The Hall–Kier alpha value is -0.120. The summed E-state index contributed by atoms with van der Waals surface area (Å²) < 4.78 is 0. The molecule has 124 valence electrons. The average Bonchev–Trinajstić information content (AvgIpc) is 2.98. The normalized spacial score (nSPS) is 30.1. The molecule has 2 aliphatic rings. The molecule has 0 amide bonds. The van der Waals surface area contributed by atoms with Crippen LogP contribution in [0.4, 0.5) is 0 Å². The van der Waals surface area contributed by atoms with E-state index in [1.54, 1.807) is 0 Å². The third-order valence-electron chi connectivity index (χ3n) is 5.57. The predicted octanol–water partition coefficient (Wildman–Crippen LogP) is 2.88. The Bertz CT molecular complexity index is 289. The Morgan fingerprint density at radius 1 is 1.14 bits per heavy atom. The van der Waals surface area contributed by atoms with Crippen molar-refractivity contribution >= 4 is 0 Å². The van der Waals surface area contributed by atoms with Crippen molar-refractivity contribution in [2.75, 3.05) is 26.2 Å². The van der Waals surface area contributed by atoms with Gasteiger partial charge in [-0.2, -0.15) is 0 Å². The van der Waals surface area contributed by atoms with E-state index in [1.807, 2.05) is 0 Å². The van der Waals surface area contributed by atoms with E-state index in [-0.39, 0.29) is 6.10 Å². The van der Waals surface area contributed by atoms with Crippen LogP contribution in [-0.2, 0) is 0 Å². The van der Waals surface area contributed by atoms with Crippen molar-refractivity contribution in [1.82, 2.24) is 10.2 Å². The number of nitrogens with zero attached hydrogens (tertiary/aromatic N) is 1. The second-order valence-corrected chi connectivity index (χ2v) is 7.76. The third-order valence-corrected chi connectivity index (χ3v) is 5.57. The van der Waals surface area contributed by atoms with Gasteiger partial charge in [-0.1, -0.05) is 33.6 Å². The highest BCUT2D eigenvalue weighted by Crippen LogP contribution is 2.26. The molecule has 1 aliphatic carbocycles. The summed E-state index contributed by atoms with van der Waals surface area (Å²) >= 11 is 0. The van der Waals surface area contributed by atoms with Crippen LogP contribution in [0.5, 0.6) is 0 Å². The van der Waals surface area contributed by atoms with Gasteiger partial charge in [-0.25, -0.2) is 0 Å². The van der Waals surface area contributed by atoms with Crippen molar-refractivity contribution in [3.8, 4) is 0 Å². The first-order chi connectivity index (χ1) is 10.1. The summed E-state index contributed by atoms with van der Waals surface area (Å²) in [7, 11) is 0. The number of rotatable bonds is 7. The van der Waals surface area contributed by atoms with E-state index in [2.05, 4.69) is 31.0 Å². The summed E-state index contributed by atoms with van der Waals surface area (Å²) in [4.78, 5) is 2.56. The van der Waals surface area contributed by atoms with E-state index in [9.17, 15) is 5.11 Å². The van der Waals surface area contributed by atoms with Crippen LogP contribution in [0.15, 0.2) is 0 Å². The van der Waals surface area contributed by atoms with Gasteiger partial charge >= 0.3 is 0 Å². The first-order valence-corrected chi connectivity index (χ1v) is 9.22. The molecule has 1 aliphatic heterocycles. The van der Waals surface area contributed by atoms with Crippen LogP contribution in [0, 0.1) is 17.8 Å². The SMILES string of the molecule is CCN1CC(CC(O)C(C)C)CC(NCC2CCCC2)C1. The molecule has 0 radical (unpaired) electrons. The van der Waals surface area contributed by atoms with Gasteiger partial charge in [0, 0.05) is 19.1 Å². The topological polar surface area (TPSA) is 35.5 Å². The van der Waals surface area contributed by atoms with Crippen LogP contribution in [0.1, 0.15) is 59.3 Å². The van der Waals surface area contributed by atoms with E-state index in [0.717, 1.165) is 18.9 Å². The highest BCUT2D eigenvalue weighted by Gasteiger charge is 2.29. The molecule has 0 aromatic carbocycles. The first-order valence-electron chi connectivity index (χ1n) is 9.22. The van der Waals surface area contributed by atoms with Crippen molar-refractivity contribution < 1.29 is 5.11 Å². The third kappa shape index (κ3) is 5.54. The second kappa shape index (κ2) is 8.50. The molecule has 2 fully saturated rings. The van der Waals surface area contributed by atoms with Crippen molar-refractivity contribution in [3.63, 3.8) is 0 Å². The zero-order chi connectivity index (χ0) is 15.2. The molecular formula is C18H36N2O. The summed E-state index contributed by atoms with van der Waals surface area (Å²) in [5, 5.41) is 14.0. The number of aliphatic hydroxyl groups is 1. The molecule has 0 aromatic rings. The van der Waals surface area contributed by atoms with Gasteiger partial charge < -0.3 is 15.3 Å². The highest BCUT2D eigenvalue weighted by atomic mass is 16.3. The quantitative estimate of drug-likeness (QED) is 0.758. The highest BCUT2D eigenvalue weighted by molar-refractivity contribution is 4.85. The summed E-state index contributed by atoms with van der Waals surface area (Å²) in [6, 6.07) is 0.628. The molecular weight excluding hydrogens is 260 g/mol. The Balaban J connectivity index is 1.79. The monoisotopic (exact) mass is 296 g/mol. The number of nitrogens with one attached hydrogen (secondary N) is 1. The summed E-state index contributed by atoms with van der Waals surface area (Å²) in [5.74, 6) is 1.95. The van der Waals surface area contributed by atoms with Crippen LogP contribution in [0.3, 0.4) is 0 Å². The molecule has 3 atom stereocenters. The minimum atomic E-state index is -0.137. The number of hydrogen-bond donors (Lipinski definition) is 2. The molecule has 3 heteroatoms. The first kappa shape index (κ1) is 17.2. The molecule has 1 saturated carbocycles. The summed E-state index contributed by atoms with van der Waals surface area (Å²) in [5.41, 5.74) is 0. The zero-order valence-electron chi connectivity index (χ0n) is 14.4. The van der Waals surface area contributed by atoms with Gasteiger partial charge in [0.05, 0.1) is 6.10 Å². The number of piperidine rings is 1. The molecule has 3 nitrogen and oxygen atoms in total. The van der Waals surface area contributed by atoms with Crippen LogP contribution in [0.25, 0.3) is 0 Å². The molecule has 1 heterocycles. The maximum Gasteiger partial charge on any atom is 0.0566 e. The number of likely N-dealkylation sites (N-methyl/N-ethyl adjacent to an activating group) is 1. The van der Waals surface area contributed by atoms with Crippen molar-refractivity contribution in [2.45, 2.75) is 71.4 Å². The second-order valence-electron chi connectivity index (χ2n) is 7.76. The molecule has 21 heavy (non-hydrogen) atoms.